The van der Waals surface area contributed by atoms with Gasteiger partial charge in [-0.05, 0) is 106 Å². The number of unbranched alkanes of at least 4 members (excludes halogenated alkanes) is 6. The topological polar surface area (TPSA) is 154 Å². The lowest BCUT2D eigenvalue weighted by Gasteiger charge is -2.22. The number of carboxylic acid groups (broad SMARTS) is 4. The fraction of sp³-hybridized carbons (Fsp3) is 0.280. The minimum atomic E-state index is -1.77. The first kappa shape index (κ1) is 39.4. The number of hydrogen-bond acceptors (Lipinski definition) is 4. The minimum Gasteiger partial charge on any atom is -0.478 e. The van der Waals surface area contributed by atoms with Crippen molar-refractivity contribution in [3.63, 3.8) is 0 Å². The number of aromatic nitrogens is 1. The molecule has 9 nitrogen and oxygen atoms in total. The maximum Gasteiger partial charge on any atom is 0.337 e. The van der Waals surface area contributed by atoms with Crippen molar-refractivity contribution in [2.24, 2.45) is 0 Å². The molecule has 0 spiro atoms. The Morgan fingerprint density at radius 3 is 1.51 bits per heavy atom. The molecular formula is C50H47NO8. The number of carboxylic acids is 4. The lowest BCUT2D eigenvalue weighted by atomic mass is 9.80. The van der Waals surface area contributed by atoms with Crippen LogP contribution in [0.15, 0.2) is 78.9 Å². The van der Waals surface area contributed by atoms with Crippen LogP contribution in [-0.2, 0) is 25.8 Å². The molecule has 300 valence electrons. The van der Waals surface area contributed by atoms with Crippen LogP contribution in [0.4, 0.5) is 0 Å². The fourth-order valence-corrected chi connectivity index (χ4v) is 9.58. The number of carbonyl (C=O) groups is 4. The Hall–Kier alpha value is -6.48. The monoisotopic (exact) mass is 789 g/mol. The molecule has 0 atom stereocenters. The fourth-order valence-electron chi connectivity index (χ4n) is 9.58. The highest BCUT2D eigenvalue weighted by Gasteiger charge is 2.35. The largest absolute Gasteiger partial charge is 0.478 e. The van der Waals surface area contributed by atoms with Crippen molar-refractivity contribution in [2.45, 2.75) is 91.0 Å². The number of rotatable bonds is 17. The molecule has 0 radical (unpaired) electrons. The van der Waals surface area contributed by atoms with Crippen molar-refractivity contribution in [2.75, 3.05) is 0 Å². The molecule has 0 bridgehead atoms. The SMILES string of the molecule is CCCCCCc1ccc2c(c1)c1cc(CCCCCC)ccc1n2CCc1cc2c3cccc4cccc(c5c(C(=O)O)c(C(=O)O)c(C(=O)O)c(c1C(=O)O)c25)c43. The van der Waals surface area contributed by atoms with Gasteiger partial charge in [-0.25, -0.2) is 19.2 Å². The van der Waals surface area contributed by atoms with Crippen LogP contribution < -0.4 is 0 Å². The molecular weight excluding hydrogens is 743 g/mol. The van der Waals surface area contributed by atoms with Crippen molar-refractivity contribution >= 4 is 88.8 Å². The third-order valence-electron chi connectivity index (χ3n) is 12.2. The first-order valence-corrected chi connectivity index (χ1v) is 20.7. The zero-order chi connectivity index (χ0) is 41.5. The molecule has 4 N–H and O–H groups in total. The highest BCUT2D eigenvalue weighted by atomic mass is 16.4. The maximum absolute atomic E-state index is 13.5. The number of benzene rings is 7. The van der Waals surface area contributed by atoms with Gasteiger partial charge in [-0.15, -0.1) is 0 Å². The summed E-state index contributed by atoms with van der Waals surface area (Å²) in [7, 11) is 0. The van der Waals surface area contributed by atoms with Gasteiger partial charge in [0.1, 0.15) is 0 Å². The molecule has 0 aliphatic heterocycles. The van der Waals surface area contributed by atoms with Gasteiger partial charge < -0.3 is 25.0 Å². The van der Waals surface area contributed by atoms with Crippen LogP contribution in [0.1, 0.15) is 123 Å². The molecule has 1 heterocycles. The smallest absolute Gasteiger partial charge is 0.337 e. The minimum absolute atomic E-state index is 0.00152. The van der Waals surface area contributed by atoms with Gasteiger partial charge in [-0.3, -0.25) is 0 Å². The van der Waals surface area contributed by atoms with E-state index in [1.165, 1.54) is 49.7 Å². The predicted octanol–water partition coefficient (Wildman–Crippen LogP) is 12.1. The Morgan fingerprint density at radius 2 is 0.983 bits per heavy atom. The Bertz CT molecular complexity index is 2920. The highest BCUT2D eigenvalue weighted by Crippen LogP contribution is 2.47. The number of nitrogens with zero attached hydrogens (tertiary/aromatic N) is 1. The molecule has 0 unspecified atom stereocenters. The second kappa shape index (κ2) is 16.0. The molecule has 0 aliphatic carbocycles. The van der Waals surface area contributed by atoms with Gasteiger partial charge >= 0.3 is 23.9 Å². The van der Waals surface area contributed by atoms with Crippen molar-refractivity contribution in [3.8, 4) is 0 Å². The van der Waals surface area contributed by atoms with E-state index in [-0.39, 0.29) is 28.1 Å². The van der Waals surface area contributed by atoms with Crippen molar-refractivity contribution in [3.05, 3.63) is 118 Å². The van der Waals surface area contributed by atoms with Gasteiger partial charge in [0.15, 0.2) is 0 Å². The van der Waals surface area contributed by atoms with Crippen LogP contribution in [0, 0.1) is 0 Å². The Morgan fingerprint density at radius 1 is 0.458 bits per heavy atom. The van der Waals surface area contributed by atoms with E-state index >= 15 is 0 Å². The van der Waals surface area contributed by atoms with Crippen LogP contribution in [0.2, 0.25) is 0 Å². The van der Waals surface area contributed by atoms with Crippen LogP contribution in [0.25, 0.3) is 64.9 Å². The Kier molecular flexibility index (Phi) is 10.7. The quantitative estimate of drug-likeness (QED) is 0.0404. The summed E-state index contributed by atoms with van der Waals surface area (Å²) in [6, 6.07) is 25.8. The molecule has 9 heteroatoms. The summed E-state index contributed by atoms with van der Waals surface area (Å²) in [5, 5.41) is 47.9. The first-order valence-electron chi connectivity index (χ1n) is 20.7. The summed E-state index contributed by atoms with van der Waals surface area (Å²) in [6.07, 6.45) is 11.4. The first-order chi connectivity index (χ1) is 28.5. The lowest BCUT2D eigenvalue weighted by Crippen LogP contribution is -2.19. The van der Waals surface area contributed by atoms with Gasteiger partial charge in [0, 0.05) is 44.5 Å². The molecule has 8 rings (SSSR count). The molecule has 0 amide bonds. The lowest BCUT2D eigenvalue weighted by molar-refractivity contribution is 0.0635. The molecule has 0 saturated heterocycles. The summed E-state index contributed by atoms with van der Waals surface area (Å²) in [4.78, 5) is 52.8. The summed E-state index contributed by atoms with van der Waals surface area (Å²) < 4.78 is 2.20. The Labute approximate surface area is 340 Å². The van der Waals surface area contributed by atoms with E-state index in [1.54, 1.807) is 18.2 Å². The third kappa shape index (κ3) is 6.78. The van der Waals surface area contributed by atoms with Gasteiger partial charge in [-0.2, -0.15) is 0 Å². The van der Waals surface area contributed by atoms with Gasteiger partial charge in [-0.1, -0.05) is 101 Å². The van der Waals surface area contributed by atoms with Gasteiger partial charge in [0.2, 0.25) is 0 Å². The van der Waals surface area contributed by atoms with Crippen molar-refractivity contribution in [1.82, 2.24) is 4.57 Å². The summed E-state index contributed by atoms with van der Waals surface area (Å²) in [5.74, 6) is -6.55. The normalized spacial score (nSPS) is 11.9. The van der Waals surface area contributed by atoms with E-state index in [0.29, 0.717) is 33.7 Å². The molecule has 8 aromatic rings. The summed E-state index contributed by atoms with van der Waals surface area (Å²) in [5.41, 5.74) is 2.03. The van der Waals surface area contributed by atoms with E-state index in [2.05, 4.69) is 54.8 Å². The molecule has 0 aliphatic rings. The summed E-state index contributed by atoms with van der Waals surface area (Å²) in [6.45, 7) is 4.75. The molecule has 0 saturated carbocycles. The number of aromatic carboxylic acids is 4. The van der Waals surface area contributed by atoms with E-state index in [1.807, 2.05) is 24.3 Å². The van der Waals surface area contributed by atoms with E-state index in [4.69, 9.17) is 0 Å². The van der Waals surface area contributed by atoms with Crippen LogP contribution in [0.3, 0.4) is 0 Å². The van der Waals surface area contributed by atoms with E-state index in [0.717, 1.165) is 52.9 Å². The molecule has 7 aromatic carbocycles. The molecule has 0 fully saturated rings. The van der Waals surface area contributed by atoms with Gasteiger partial charge in [0.05, 0.1) is 22.3 Å². The second-order valence-corrected chi connectivity index (χ2v) is 15.9. The summed E-state index contributed by atoms with van der Waals surface area (Å²) >= 11 is 0. The van der Waals surface area contributed by atoms with Crippen LogP contribution in [-0.4, -0.2) is 48.9 Å². The molecule has 1 aromatic heterocycles. The third-order valence-corrected chi connectivity index (χ3v) is 12.2. The van der Waals surface area contributed by atoms with Crippen molar-refractivity contribution in [1.29, 1.82) is 0 Å². The number of aryl methyl sites for hydroxylation is 4. The predicted molar refractivity (Wildman–Crippen MR) is 234 cm³/mol. The zero-order valence-corrected chi connectivity index (χ0v) is 33.4. The standard InChI is InChI=1S/C50H47NO8/c1-3-5-7-9-13-28-19-21-37-34(25-28)35-26-29(14-10-8-6-4-2)20-22-38(35)51(37)24-23-31-27-36-32-17-11-15-30-16-12-18-33(39(30)32)41-42(36)43(40(31)47(52)53)45(49(56)57)46(50(58)59)44(41)48(54)55/h11-12,15-22,25-27H,3-10,13-14,23-24H2,1-2H3,(H,52,53)(H,54,55)(H,56,57)(H,58,59). The van der Waals surface area contributed by atoms with E-state index < -0.39 is 40.6 Å². The van der Waals surface area contributed by atoms with Crippen LogP contribution in [0.5, 0.6) is 0 Å². The maximum atomic E-state index is 13.5. The average Bonchev–Trinajstić information content (AvgIpc) is 3.52. The zero-order valence-electron chi connectivity index (χ0n) is 33.4. The number of fused-ring (bicyclic) bond motifs is 5. The van der Waals surface area contributed by atoms with Gasteiger partial charge in [0.25, 0.3) is 0 Å². The van der Waals surface area contributed by atoms with Crippen molar-refractivity contribution < 1.29 is 39.6 Å². The average molecular weight is 790 g/mol. The molecule has 59 heavy (non-hydrogen) atoms. The van der Waals surface area contributed by atoms with E-state index in [9.17, 15) is 39.6 Å². The van der Waals surface area contributed by atoms with Crippen LogP contribution >= 0.6 is 0 Å². The highest BCUT2D eigenvalue weighted by molar-refractivity contribution is 6.40. The number of hydrogen-bond donors (Lipinski definition) is 4. The second-order valence-electron chi connectivity index (χ2n) is 15.9. The Balaban J connectivity index is 1.37.